The van der Waals surface area contributed by atoms with Gasteiger partial charge in [-0.1, -0.05) is 23.9 Å². The van der Waals surface area contributed by atoms with Crippen molar-refractivity contribution in [1.82, 2.24) is 5.32 Å². The van der Waals surface area contributed by atoms with Crippen molar-refractivity contribution in [2.75, 3.05) is 13.7 Å². The van der Waals surface area contributed by atoms with Crippen LogP contribution in [0.3, 0.4) is 0 Å². The lowest BCUT2D eigenvalue weighted by Crippen LogP contribution is -2.41. The molecule has 0 aromatic heterocycles. The molecule has 0 aliphatic rings. The van der Waals surface area contributed by atoms with Crippen LogP contribution in [0.1, 0.15) is 16.8 Å². The van der Waals surface area contributed by atoms with E-state index in [0.717, 1.165) is 0 Å². The van der Waals surface area contributed by atoms with E-state index in [0.29, 0.717) is 0 Å². The van der Waals surface area contributed by atoms with E-state index in [2.05, 4.69) is 5.32 Å². The number of hydrogen-bond acceptors (Lipinski definition) is 4. The topological polar surface area (TPSA) is 75.6 Å². The minimum Gasteiger partial charge on any atom is -0.480 e. The average molecular weight is 319 g/mol. The molecule has 0 radical (unpaired) electrons. The molecule has 0 aliphatic carbocycles. The maximum atomic E-state index is 12.4. The average Bonchev–Trinajstić information content (AvgIpc) is 2.42. The first-order chi connectivity index (χ1) is 9.95. The molecule has 0 bridgehead atoms. The molecule has 0 aliphatic heterocycles. The van der Waals surface area contributed by atoms with Gasteiger partial charge in [-0.3, -0.25) is 4.79 Å². The summed E-state index contributed by atoms with van der Waals surface area (Å²) in [7, 11) is 1.41. The largest absolute Gasteiger partial charge is 0.480 e. The fourth-order valence-corrected chi connectivity index (χ4v) is 2.22. The third-order valence-corrected chi connectivity index (χ3v) is 3.35. The van der Waals surface area contributed by atoms with Crippen molar-refractivity contribution in [1.29, 1.82) is 0 Å². The van der Waals surface area contributed by atoms with Crippen molar-refractivity contribution in [2.24, 2.45) is 0 Å². The van der Waals surface area contributed by atoms with Crippen molar-refractivity contribution < 1.29 is 28.2 Å². The molecule has 0 saturated carbocycles. The van der Waals surface area contributed by atoms with Crippen molar-refractivity contribution in [3.63, 3.8) is 0 Å². The lowest BCUT2D eigenvalue weighted by molar-refractivity contribution is -0.139. The van der Waals surface area contributed by atoms with Crippen LogP contribution in [0, 0.1) is 0 Å². The van der Waals surface area contributed by atoms with Crippen LogP contribution in [0.2, 0.25) is 0 Å². The quantitative estimate of drug-likeness (QED) is 0.719. The number of hydrogen-bond donors (Lipinski definition) is 2. The number of thioether (sulfide) groups is 1. The predicted octanol–water partition coefficient (Wildman–Crippen LogP) is 2.22. The van der Waals surface area contributed by atoms with E-state index < -0.39 is 23.7 Å². The summed E-state index contributed by atoms with van der Waals surface area (Å²) in [6.45, 7) is 0.157. The Labute approximate surface area is 124 Å². The summed E-state index contributed by atoms with van der Waals surface area (Å²) in [5, 5.41) is 11.3. The van der Waals surface area contributed by atoms with Gasteiger partial charge in [-0.25, -0.2) is 4.79 Å². The van der Waals surface area contributed by atoms with E-state index >= 15 is 0 Å². The molecule has 2 N–H and O–H groups in total. The van der Waals surface area contributed by atoms with Crippen LogP contribution in [-0.2, 0) is 9.53 Å². The Bertz CT molecular complexity index is 499. The summed E-state index contributed by atoms with van der Waals surface area (Å²) >= 11 is 0.240. The number of carboxylic acids is 1. The zero-order chi connectivity index (χ0) is 15.8. The van der Waals surface area contributed by atoms with Crippen molar-refractivity contribution in [2.45, 2.75) is 23.1 Å². The van der Waals surface area contributed by atoms with Crippen LogP contribution in [0.15, 0.2) is 29.2 Å². The highest BCUT2D eigenvalue weighted by atomic mass is 32.2. The number of alkyl halides is 2. The summed E-state index contributed by atoms with van der Waals surface area (Å²) in [4.78, 5) is 23.2. The number of nitrogens with one attached hydrogen (secondary N) is 1. The highest BCUT2D eigenvalue weighted by Crippen LogP contribution is 2.28. The Hall–Kier alpha value is -1.67. The van der Waals surface area contributed by atoms with Crippen molar-refractivity contribution in [3.8, 4) is 0 Å². The second-order valence-electron chi connectivity index (χ2n) is 4.02. The van der Waals surface area contributed by atoms with E-state index in [9.17, 15) is 18.4 Å². The number of carbonyl (C=O) groups is 2. The van der Waals surface area contributed by atoms with Gasteiger partial charge in [0.15, 0.2) is 0 Å². The summed E-state index contributed by atoms with van der Waals surface area (Å²) in [6.07, 6.45) is 0.0850. The molecular formula is C13H15F2NO4S. The number of carbonyl (C=O) groups excluding carboxylic acids is 1. The molecule has 0 heterocycles. The minimum atomic E-state index is -2.66. The Morgan fingerprint density at radius 2 is 2.05 bits per heavy atom. The number of methoxy groups -OCH3 is 1. The highest BCUT2D eigenvalue weighted by molar-refractivity contribution is 7.99. The van der Waals surface area contributed by atoms with Gasteiger partial charge in [0.1, 0.15) is 6.04 Å². The molecule has 8 heteroatoms. The Kier molecular flexibility index (Phi) is 7.10. The van der Waals surface area contributed by atoms with Crippen LogP contribution in [0.4, 0.5) is 8.78 Å². The van der Waals surface area contributed by atoms with Gasteiger partial charge in [-0.05, 0) is 12.1 Å². The van der Waals surface area contributed by atoms with Gasteiger partial charge in [-0.15, -0.1) is 0 Å². The molecule has 1 amide bonds. The lowest BCUT2D eigenvalue weighted by Gasteiger charge is -2.15. The zero-order valence-corrected chi connectivity index (χ0v) is 12.0. The van der Waals surface area contributed by atoms with Crippen LogP contribution in [0.25, 0.3) is 0 Å². The number of ether oxygens (including phenoxy) is 1. The molecule has 116 valence electrons. The number of amides is 1. The van der Waals surface area contributed by atoms with Crippen LogP contribution >= 0.6 is 11.8 Å². The molecule has 1 unspecified atom stereocenters. The SMILES string of the molecule is COCCC(NC(=O)c1ccccc1SC(F)F)C(=O)O. The fraction of sp³-hybridized carbons (Fsp3) is 0.385. The van der Waals surface area contributed by atoms with Crippen LogP contribution in [-0.4, -0.2) is 42.5 Å². The van der Waals surface area contributed by atoms with Crippen molar-refractivity contribution >= 4 is 23.6 Å². The number of benzene rings is 1. The molecule has 1 aromatic carbocycles. The first kappa shape index (κ1) is 17.4. The molecular weight excluding hydrogens is 304 g/mol. The first-order valence-corrected chi connectivity index (χ1v) is 6.90. The van der Waals surface area contributed by atoms with E-state index in [1.165, 1.54) is 31.4 Å². The third kappa shape index (κ3) is 5.68. The first-order valence-electron chi connectivity index (χ1n) is 6.02. The summed E-state index contributed by atoms with van der Waals surface area (Å²) in [5.74, 6) is -4.58. The van der Waals surface area contributed by atoms with Gasteiger partial charge in [0.2, 0.25) is 0 Å². The Morgan fingerprint density at radius 1 is 1.38 bits per heavy atom. The Morgan fingerprint density at radius 3 is 2.62 bits per heavy atom. The van der Waals surface area contributed by atoms with Gasteiger partial charge in [0.05, 0.1) is 5.56 Å². The third-order valence-electron chi connectivity index (χ3n) is 2.56. The minimum absolute atomic E-state index is 0.0199. The number of halogens is 2. The van der Waals surface area contributed by atoms with E-state index in [1.807, 2.05) is 0 Å². The molecule has 21 heavy (non-hydrogen) atoms. The monoisotopic (exact) mass is 319 g/mol. The molecule has 1 aromatic rings. The van der Waals surface area contributed by atoms with Gasteiger partial charge in [0, 0.05) is 25.0 Å². The van der Waals surface area contributed by atoms with E-state index in [1.54, 1.807) is 0 Å². The summed E-state index contributed by atoms with van der Waals surface area (Å²) in [6, 6.07) is 4.67. The summed E-state index contributed by atoms with van der Waals surface area (Å²) in [5.41, 5.74) is 0.0199. The predicted molar refractivity (Wildman–Crippen MR) is 73.7 cm³/mol. The molecule has 0 spiro atoms. The van der Waals surface area contributed by atoms with E-state index in [-0.39, 0.29) is 35.2 Å². The van der Waals surface area contributed by atoms with Gasteiger partial charge in [-0.2, -0.15) is 8.78 Å². The van der Waals surface area contributed by atoms with Gasteiger partial charge >= 0.3 is 5.97 Å². The molecule has 0 fully saturated rings. The highest BCUT2D eigenvalue weighted by Gasteiger charge is 2.22. The lowest BCUT2D eigenvalue weighted by atomic mass is 10.1. The Balaban J connectivity index is 2.84. The maximum Gasteiger partial charge on any atom is 0.326 e. The second-order valence-corrected chi connectivity index (χ2v) is 5.05. The number of rotatable bonds is 8. The smallest absolute Gasteiger partial charge is 0.326 e. The molecule has 5 nitrogen and oxygen atoms in total. The van der Waals surface area contributed by atoms with E-state index in [4.69, 9.17) is 9.84 Å². The second kappa shape index (κ2) is 8.58. The van der Waals surface area contributed by atoms with Crippen LogP contribution < -0.4 is 5.32 Å². The normalized spacial score (nSPS) is 12.2. The molecule has 1 atom stereocenters. The standard InChI is InChI=1S/C13H15F2NO4S/c1-20-7-6-9(12(18)19)16-11(17)8-4-2-3-5-10(8)21-13(14)15/h2-5,9,13H,6-7H2,1H3,(H,16,17)(H,18,19). The molecule has 0 saturated heterocycles. The maximum absolute atomic E-state index is 12.4. The summed E-state index contributed by atoms with van der Waals surface area (Å²) < 4.78 is 29.7. The van der Waals surface area contributed by atoms with Crippen molar-refractivity contribution in [3.05, 3.63) is 29.8 Å². The molecule has 1 rings (SSSR count). The number of aliphatic carboxylic acids is 1. The van der Waals surface area contributed by atoms with Crippen LogP contribution in [0.5, 0.6) is 0 Å². The van der Waals surface area contributed by atoms with Gasteiger partial charge < -0.3 is 15.2 Å². The van der Waals surface area contributed by atoms with Gasteiger partial charge in [0.25, 0.3) is 11.7 Å². The fourth-order valence-electron chi connectivity index (χ4n) is 1.58. The number of carboxylic acid groups (broad SMARTS) is 1. The zero-order valence-electron chi connectivity index (χ0n) is 11.2.